The van der Waals surface area contributed by atoms with Crippen molar-refractivity contribution in [3.63, 3.8) is 0 Å². The van der Waals surface area contributed by atoms with Gasteiger partial charge in [0.05, 0.1) is 0 Å². The quantitative estimate of drug-likeness (QED) is 0.836. The van der Waals surface area contributed by atoms with Gasteiger partial charge in [-0.25, -0.2) is 0 Å². The second-order valence-corrected chi connectivity index (χ2v) is 3.30. The molecule has 0 radical (unpaired) electrons. The molecule has 6 heteroatoms. The number of rotatable bonds is 4. The monoisotopic (exact) mass is 234 g/mol. The van der Waals surface area contributed by atoms with Crippen LogP contribution in [0.3, 0.4) is 0 Å². The number of ether oxygens (including phenoxy) is 1. The molecular formula is C10H13F3N2O. The molecule has 0 bridgehead atoms. The fourth-order valence-electron chi connectivity index (χ4n) is 1.29. The first-order valence-corrected chi connectivity index (χ1v) is 4.74. The van der Waals surface area contributed by atoms with Crippen molar-refractivity contribution in [3.8, 4) is 5.75 Å². The Kier molecular flexibility index (Phi) is 4.14. The molecule has 0 aliphatic rings. The van der Waals surface area contributed by atoms with Crippen LogP contribution in [0.5, 0.6) is 5.75 Å². The minimum absolute atomic E-state index is 0.266. The molecule has 16 heavy (non-hydrogen) atoms. The smallest absolute Gasteiger partial charge is 0.406 e. The highest BCUT2D eigenvalue weighted by Crippen LogP contribution is 2.25. The van der Waals surface area contributed by atoms with E-state index in [9.17, 15) is 13.2 Å². The number of hydrogen-bond acceptors (Lipinski definition) is 3. The maximum absolute atomic E-state index is 11.9. The van der Waals surface area contributed by atoms with Crippen LogP contribution in [0.4, 0.5) is 13.2 Å². The predicted octanol–water partition coefficient (Wildman–Crippen LogP) is 1.93. The van der Waals surface area contributed by atoms with Crippen molar-refractivity contribution in [2.45, 2.75) is 18.8 Å². The third kappa shape index (κ3) is 4.08. The lowest BCUT2D eigenvalue weighted by Gasteiger charge is -2.13. The van der Waals surface area contributed by atoms with Crippen molar-refractivity contribution in [3.05, 3.63) is 29.8 Å². The zero-order valence-electron chi connectivity index (χ0n) is 8.50. The van der Waals surface area contributed by atoms with Crippen LogP contribution in [-0.4, -0.2) is 12.9 Å². The van der Waals surface area contributed by atoms with Crippen LogP contribution in [0.2, 0.25) is 0 Å². The van der Waals surface area contributed by atoms with E-state index >= 15 is 0 Å². The summed E-state index contributed by atoms with van der Waals surface area (Å²) in [6.07, 6.45) is -4.17. The molecule has 0 saturated carbocycles. The van der Waals surface area contributed by atoms with Gasteiger partial charge in [-0.2, -0.15) is 0 Å². The Morgan fingerprint density at radius 1 is 1.31 bits per heavy atom. The first-order chi connectivity index (χ1) is 7.42. The molecule has 0 heterocycles. The largest absolute Gasteiger partial charge is 0.573 e. The summed E-state index contributed by atoms with van der Waals surface area (Å²) in [7, 11) is 0. The number of alkyl halides is 3. The van der Waals surface area contributed by atoms with Gasteiger partial charge in [-0.15, -0.1) is 13.2 Å². The SMILES string of the molecule is NCC[C@H](N)c1cccc(OC(F)(F)F)c1. The van der Waals surface area contributed by atoms with E-state index in [2.05, 4.69) is 4.74 Å². The molecule has 0 saturated heterocycles. The van der Waals surface area contributed by atoms with Gasteiger partial charge in [0.1, 0.15) is 5.75 Å². The molecule has 0 unspecified atom stereocenters. The second-order valence-electron chi connectivity index (χ2n) is 3.30. The Hall–Kier alpha value is -1.27. The third-order valence-corrected chi connectivity index (χ3v) is 2.00. The molecule has 0 aliphatic heterocycles. The van der Waals surface area contributed by atoms with E-state index in [1.165, 1.54) is 18.2 Å². The Balaban J connectivity index is 2.78. The topological polar surface area (TPSA) is 61.3 Å². The standard InChI is InChI=1S/C10H13F3N2O/c11-10(12,13)16-8-3-1-2-7(6-8)9(15)4-5-14/h1-3,6,9H,4-5,14-15H2/t9-/m0/s1. The fraction of sp³-hybridized carbons (Fsp3) is 0.400. The van der Waals surface area contributed by atoms with Gasteiger partial charge in [-0.05, 0) is 30.7 Å². The normalized spacial score (nSPS) is 13.6. The van der Waals surface area contributed by atoms with E-state index in [0.29, 0.717) is 18.5 Å². The van der Waals surface area contributed by atoms with E-state index in [1.807, 2.05) is 0 Å². The van der Waals surface area contributed by atoms with Crippen molar-refractivity contribution >= 4 is 0 Å². The Bertz CT molecular complexity index is 341. The minimum Gasteiger partial charge on any atom is -0.406 e. The average Bonchev–Trinajstić information content (AvgIpc) is 2.16. The van der Waals surface area contributed by atoms with Crippen molar-refractivity contribution in [1.29, 1.82) is 0 Å². The first-order valence-electron chi connectivity index (χ1n) is 4.74. The Morgan fingerprint density at radius 3 is 2.56 bits per heavy atom. The summed E-state index contributed by atoms with van der Waals surface area (Å²) in [5.41, 5.74) is 11.6. The molecule has 1 aromatic rings. The van der Waals surface area contributed by atoms with Gasteiger partial charge in [0, 0.05) is 6.04 Å². The van der Waals surface area contributed by atoms with Crippen LogP contribution >= 0.6 is 0 Å². The zero-order valence-corrected chi connectivity index (χ0v) is 8.50. The van der Waals surface area contributed by atoms with Crippen LogP contribution in [0.1, 0.15) is 18.0 Å². The van der Waals surface area contributed by atoms with Crippen molar-refractivity contribution in [1.82, 2.24) is 0 Å². The van der Waals surface area contributed by atoms with Gasteiger partial charge in [0.25, 0.3) is 0 Å². The summed E-state index contributed by atoms with van der Waals surface area (Å²) in [4.78, 5) is 0. The molecule has 0 amide bonds. The molecule has 0 spiro atoms. The molecular weight excluding hydrogens is 221 g/mol. The van der Waals surface area contributed by atoms with Crippen LogP contribution in [0, 0.1) is 0 Å². The molecule has 3 nitrogen and oxygen atoms in total. The van der Waals surface area contributed by atoms with Crippen LogP contribution in [0.15, 0.2) is 24.3 Å². The Morgan fingerprint density at radius 2 is 2.00 bits per heavy atom. The molecule has 1 aromatic carbocycles. The summed E-state index contributed by atoms with van der Waals surface area (Å²) >= 11 is 0. The van der Waals surface area contributed by atoms with Gasteiger partial charge < -0.3 is 16.2 Å². The van der Waals surface area contributed by atoms with Gasteiger partial charge in [-0.3, -0.25) is 0 Å². The maximum Gasteiger partial charge on any atom is 0.573 e. The van der Waals surface area contributed by atoms with Crippen LogP contribution in [0.25, 0.3) is 0 Å². The number of nitrogens with two attached hydrogens (primary N) is 2. The van der Waals surface area contributed by atoms with Gasteiger partial charge >= 0.3 is 6.36 Å². The molecule has 1 atom stereocenters. The second kappa shape index (κ2) is 5.18. The minimum atomic E-state index is -4.68. The van der Waals surface area contributed by atoms with Crippen LogP contribution in [-0.2, 0) is 0 Å². The summed E-state index contributed by atoms with van der Waals surface area (Å²) in [6.45, 7) is 0.380. The third-order valence-electron chi connectivity index (χ3n) is 2.00. The maximum atomic E-state index is 11.9. The summed E-state index contributed by atoms with van der Waals surface area (Å²) in [5.74, 6) is -0.266. The van der Waals surface area contributed by atoms with Crippen molar-refractivity contribution in [2.24, 2.45) is 11.5 Å². The predicted molar refractivity (Wildman–Crippen MR) is 53.7 cm³/mol. The first kappa shape index (κ1) is 12.8. The molecule has 1 rings (SSSR count). The van der Waals surface area contributed by atoms with E-state index in [-0.39, 0.29) is 11.8 Å². The molecule has 0 aromatic heterocycles. The molecule has 4 N–H and O–H groups in total. The highest BCUT2D eigenvalue weighted by atomic mass is 19.4. The lowest BCUT2D eigenvalue weighted by atomic mass is 10.0. The lowest BCUT2D eigenvalue weighted by Crippen LogP contribution is -2.18. The molecule has 90 valence electrons. The lowest BCUT2D eigenvalue weighted by molar-refractivity contribution is -0.274. The van der Waals surface area contributed by atoms with E-state index < -0.39 is 6.36 Å². The summed E-state index contributed by atoms with van der Waals surface area (Å²) in [5, 5.41) is 0. The van der Waals surface area contributed by atoms with Gasteiger partial charge in [0.2, 0.25) is 0 Å². The van der Waals surface area contributed by atoms with E-state index in [1.54, 1.807) is 6.07 Å². The van der Waals surface area contributed by atoms with Crippen molar-refractivity contribution in [2.75, 3.05) is 6.54 Å². The van der Waals surface area contributed by atoms with Crippen molar-refractivity contribution < 1.29 is 17.9 Å². The average molecular weight is 234 g/mol. The fourth-order valence-corrected chi connectivity index (χ4v) is 1.29. The number of hydrogen-bond donors (Lipinski definition) is 2. The van der Waals surface area contributed by atoms with Gasteiger partial charge in [0.15, 0.2) is 0 Å². The van der Waals surface area contributed by atoms with E-state index in [4.69, 9.17) is 11.5 Å². The summed E-state index contributed by atoms with van der Waals surface area (Å²) in [6, 6.07) is 5.23. The molecule has 0 fully saturated rings. The number of benzene rings is 1. The highest BCUT2D eigenvalue weighted by Gasteiger charge is 2.31. The van der Waals surface area contributed by atoms with E-state index in [0.717, 1.165) is 0 Å². The van der Waals surface area contributed by atoms with Gasteiger partial charge in [-0.1, -0.05) is 12.1 Å². The number of halogens is 3. The zero-order chi connectivity index (χ0) is 12.2. The highest BCUT2D eigenvalue weighted by molar-refractivity contribution is 5.30. The Labute approximate surface area is 91.2 Å². The molecule has 0 aliphatic carbocycles. The summed E-state index contributed by atoms with van der Waals surface area (Å²) < 4.78 is 39.6. The van der Waals surface area contributed by atoms with Crippen LogP contribution < -0.4 is 16.2 Å².